The highest BCUT2D eigenvalue weighted by atomic mass is 16.5. The molecule has 0 aliphatic heterocycles. The first kappa shape index (κ1) is 16.3. The van der Waals surface area contributed by atoms with Gasteiger partial charge >= 0.3 is 6.01 Å². The van der Waals surface area contributed by atoms with Gasteiger partial charge in [0.25, 0.3) is 5.91 Å². The number of methoxy groups -OCH3 is 1. The summed E-state index contributed by atoms with van der Waals surface area (Å²) >= 11 is 0. The van der Waals surface area contributed by atoms with Crippen molar-refractivity contribution in [3.05, 3.63) is 30.2 Å². The van der Waals surface area contributed by atoms with Gasteiger partial charge < -0.3 is 13.9 Å². The molecule has 1 aromatic heterocycles. The zero-order valence-electron chi connectivity index (χ0n) is 13.7. The second-order valence-electron chi connectivity index (χ2n) is 5.79. The second-order valence-corrected chi connectivity index (χ2v) is 5.79. The number of nitrogens with one attached hydrogen (secondary N) is 1. The van der Waals surface area contributed by atoms with Crippen molar-refractivity contribution in [3.63, 3.8) is 0 Å². The average Bonchev–Trinajstić information content (AvgIpc) is 3.09. The van der Waals surface area contributed by atoms with Crippen LogP contribution in [0.5, 0.6) is 11.5 Å². The van der Waals surface area contributed by atoms with Crippen molar-refractivity contribution in [2.45, 2.75) is 38.0 Å². The quantitative estimate of drug-likeness (QED) is 0.875. The molecule has 0 atom stereocenters. The van der Waals surface area contributed by atoms with E-state index < -0.39 is 0 Å². The first-order valence-electron chi connectivity index (χ1n) is 8.14. The van der Waals surface area contributed by atoms with E-state index in [1.807, 2.05) is 0 Å². The third-order valence-electron chi connectivity index (χ3n) is 4.07. The molecule has 0 radical (unpaired) electrons. The molecule has 7 nitrogen and oxygen atoms in total. The van der Waals surface area contributed by atoms with Crippen molar-refractivity contribution in [2.24, 2.45) is 0 Å². The van der Waals surface area contributed by atoms with Crippen LogP contribution in [0.25, 0.3) is 0 Å². The molecule has 1 aliphatic rings. The lowest BCUT2D eigenvalue weighted by atomic mass is 9.89. The number of nitrogens with zero attached hydrogens (tertiary/aromatic N) is 2. The SMILES string of the molecule is COc1ccc(OCC(=O)Nc2nnc(C3CCCCC3)o2)cc1. The Labute approximate surface area is 140 Å². The monoisotopic (exact) mass is 331 g/mol. The molecule has 7 heteroatoms. The van der Waals surface area contributed by atoms with Gasteiger partial charge in [0.2, 0.25) is 5.89 Å². The number of anilines is 1. The van der Waals surface area contributed by atoms with Crippen LogP contribution in [0, 0.1) is 0 Å². The first-order chi connectivity index (χ1) is 11.7. The molecule has 1 saturated carbocycles. The summed E-state index contributed by atoms with van der Waals surface area (Å²) in [5.74, 6) is 1.89. The Balaban J connectivity index is 1.48. The molecule has 1 amide bonds. The van der Waals surface area contributed by atoms with Gasteiger partial charge in [-0.2, -0.15) is 0 Å². The number of aromatic nitrogens is 2. The lowest BCUT2D eigenvalue weighted by molar-refractivity contribution is -0.118. The van der Waals surface area contributed by atoms with Crippen LogP contribution in [0.1, 0.15) is 43.9 Å². The van der Waals surface area contributed by atoms with E-state index >= 15 is 0 Å². The molecule has 2 aromatic rings. The third-order valence-corrected chi connectivity index (χ3v) is 4.07. The van der Waals surface area contributed by atoms with E-state index in [-0.39, 0.29) is 18.5 Å². The summed E-state index contributed by atoms with van der Waals surface area (Å²) in [6, 6.07) is 7.13. The standard InChI is InChI=1S/C17H21N3O4/c1-22-13-7-9-14(10-8-13)23-11-15(21)18-17-20-19-16(24-17)12-5-3-2-4-6-12/h7-10,12H,2-6,11H2,1H3,(H,18,20,21). The highest BCUT2D eigenvalue weighted by Crippen LogP contribution is 2.32. The molecule has 0 bridgehead atoms. The van der Waals surface area contributed by atoms with E-state index in [4.69, 9.17) is 13.9 Å². The van der Waals surface area contributed by atoms with Crippen LogP contribution in [-0.4, -0.2) is 29.8 Å². The van der Waals surface area contributed by atoms with Crippen LogP contribution in [0.2, 0.25) is 0 Å². The smallest absolute Gasteiger partial charge is 0.322 e. The molecule has 1 aliphatic carbocycles. The Hall–Kier alpha value is -2.57. The normalized spacial score (nSPS) is 15.0. The van der Waals surface area contributed by atoms with Gasteiger partial charge in [-0.05, 0) is 37.1 Å². The van der Waals surface area contributed by atoms with E-state index in [1.165, 1.54) is 19.3 Å². The summed E-state index contributed by atoms with van der Waals surface area (Å²) in [4.78, 5) is 11.9. The van der Waals surface area contributed by atoms with Crippen LogP contribution in [0.15, 0.2) is 28.7 Å². The van der Waals surface area contributed by atoms with E-state index in [0.29, 0.717) is 17.6 Å². The minimum absolute atomic E-state index is 0.124. The largest absolute Gasteiger partial charge is 0.497 e. The fourth-order valence-corrected chi connectivity index (χ4v) is 2.78. The number of hydrogen-bond acceptors (Lipinski definition) is 6. The van der Waals surface area contributed by atoms with Crippen LogP contribution in [0.4, 0.5) is 6.01 Å². The Kier molecular flexibility index (Phi) is 5.30. The molecular weight excluding hydrogens is 310 g/mol. The number of hydrogen-bond donors (Lipinski definition) is 1. The maximum absolute atomic E-state index is 11.9. The molecule has 3 rings (SSSR count). The summed E-state index contributed by atoms with van der Waals surface area (Å²) in [5, 5.41) is 10.5. The van der Waals surface area contributed by atoms with Crippen LogP contribution >= 0.6 is 0 Å². The minimum atomic E-state index is -0.343. The molecule has 128 valence electrons. The number of rotatable bonds is 6. The molecule has 1 fully saturated rings. The highest BCUT2D eigenvalue weighted by molar-refractivity contribution is 5.89. The minimum Gasteiger partial charge on any atom is -0.497 e. The Bertz CT molecular complexity index is 663. The molecule has 0 unspecified atom stereocenters. The van der Waals surface area contributed by atoms with Gasteiger partial charge in [0.15, 0.2) is 6.61 Å². The van der Waals surface area contributed by atoms with Gasteiger partial charge in [0.05, 0.1) is 7.11 Å². The topological polar surface area (TPSA) is 86.5 Å². The van der Waals surface area contributed by atoms with Crippen molar-refractivity contribution in [1.82, 2.24) is 10.2 Å². The lowest BCUT2D eigenvalue weighted by Gasteiger charge is -2.17. The lowest BCUT2D eigenvalue weighted by Crippen LogP contribution is -2.20. The van der Waals surface area contributed by atoms with Gasteiger partial charge in [0.1, 0.15) is 11.5 Å². The van der Waals surface area contributed by atoms with Crippen LogP contribution in [-0.2, 0) is 4.79 Å². The Morgan fingerprint density at radius 3 is 2.58 bits per heavy atom. The van der Waals surface area contributed by atoms with E-state index in [0.717, 1.165) is 18.6 Å². The van der Waals surface area contributed by atoms with Gasteiger partial charge in [-0.3, -0.25) is 10.1 Å². The molecule has 0 saturated heterocycles. The summed E-state index contributed by atoms with van der Waals surface area (Å²) < 4.78 is 16.0. The maximum atomic E-state index is 11.9. The number of ether oxygens (including phenoxy) is 2. The van der Waals surface area contributed by atoms with Crippen molar-refractivity contribution < 1.29 is 18.7 Å². The Morgan fingerprint density at radius 2 is 1.88 bits per heavy atom. The van der Waals surface area contributed by atoms with E-state index in [1.54, 1.807) is 31.4 Å². The zero-order valence-corrected chi connectivity index (χ0v) is 13.7. The van der Waals surface area contributed by atoms with Crippen molar-refractivity contribution in [1.29, 1.82) is 0 Å². The van der Waals surface area contributed by atoms with Gasteiger partial charge in [-0.1, -0.05) is 24.4 Å². The van der Waals surface area contributed by atoms with E-state index in [9.17, 15) is 4.79 Å². The van der Waals surface area contributed by atoms with Gasteiger partial charge in [0, 0.05) is 5.92 Å². The molecule has 1 heterocycles. The fraction of sp³-hybridized carbons (Fsp3) is 0.471. The molecular formula is C17H21N3O4. The zero-order chi connectivity index (χ0) is 16.8. The number of carbonyl (C=O) groups excluding carboxylic acids is 1. The summed E-state index contributed by atoms with van der Waals surface area (Å²) in [5.41, 5.74) is 0. The van der Waals surface area contributed by atoms with Gasteiger partial charge in [-0.15, -0.1) is 5.10 Å². The maximum Gasteiger partial charge on any atom is 0.322 e. The van der Waals surface area contributed by atoms with Crippen LogP contribution < -0.4 is 14.8 Å². The summed E-state index contributed by atoms with van der Waals surface area (Å²) in [6.07, 6.45) is 5.76. The highest BCUT2D eigenvalue weighted by Gasteiger charge is 2.21. The number of amides is 1. The summed E-state index contributed by atoms with van der Waals surface area (Å²) in [7, 11) is 1.59. The molecule has 1 aromatic carbocycles. The summed E-state index contributed by atoms with van der Waals surface area (Å²) in [6.45, 7) is -0.131. The first-order valence-corrected chi connectivity index (χ1v) is 8.14. The van der Waals surface area contributed by atoms with Crippen molar-refractivity contribution in [3.8, 4) is 11.5 Å². The van der Waals surface area contributed by atoms with Crippen molar-refractivity contribution in [2.75, 3.05) is 19.0 Å². The fourth-order valence-electron chi connectivity index (χ4n) is 2.78. The van der Waals surface area contributed by atoms with Gasteiger partial charge in [-0.25, -0.2) is 0 Å². The molecule has 1 N–H and O–H groups in total. The van der Waals surface area contributed by atoms with E-state index in [2.05, 4.69) is 15.5 Å². The average molecular weight is 331 g/mol. The predicted octanol–water partition coefficient (Wildman–Crippen LogP) is 3.14. The van der Waals surface area contributed by atoms with Crippen LogP contribution in [0.3, 0.4) is 0 Å². The van der Waals surface area contributed by atoms with Crippen molar-refractivity contribution >= 4 is 11.9 Å². The third kappa shape index (κ3) is 4.24. The number of benzene rings is 1. The molecule has 0 spiro atoms. The molecule has 24 heavy (non-hydrogen) atoms. The second kappa shape index (κ2) is 7.81. The number of carbonyl (C=O) groups is 1. The Morgan fingerprint density at radius 1 is 1.17 bits per heavy atom. The predicted molar refractivity (Wildman–Crippen MR) is 87.2 cm³/mol.